The summed E-state index contributed by atoms with van der Waals surface area (Å²) < 4.78 is 6.75. The average Bonchev–Trinajstić information content (AvgIpc) is 1.55. The van der Waals surface area contributed by atoms with Crippen molar-refractivity contribution in [2.75, 3.05) is 0 Å². The van der Waals surface area contributed by atoms with Crippen LogP contribution in [-0.2, 0) is 0 Å². The van der Waals surface area contributed by atoms with Gasteiger partial charge < -0.3 is 0 Å². The summed E-state index contributed by atoms with van der Waals surface area (Å²) in [5.41, 5.74) is 34.7. The summed E-state index contributed by atoms with van der Waals surface area (Å²) in [6.07, 6.45) is 3.64. The van der Waals surface area contributed by atoms with E-state index in [2.05, 4.69) is 441 Å². The van der Waals surface area contributed by atoms with Gasteiger partial charge in [0.1, 0.15) is 25.5 Å². The number of allylic oxidation sites excluding steroid dienone is 2. The zero-order valence-corrected chi connectivity index (χ0v) is 82.2. The molecule has 10 heterocycles. The molecule has 24 aromatic rings. The van der Waals surface area contributed by atoms with E-state index in [1.807, 2.05) is 97.3 Å². The van der Waals surface area contributed by atoms with E-state index in [4.69, 9.17) is 54.8 Å². The Hall–Kier alpha value is -19.0. The number of rotatable bonds is 19. The summed E-state index contributed by atoms with van der Waals surface area (Å²) in [6, 6.07) is 159. The van der Waals surface area contributed by atoms with Gasteiger partial charge in [0.05, 0.1) is 67.3 Å². The molecular formula is C129H96N16Si. The number of benzene rings is 15. The smallest absolute Gasteiger partial charge is 0.164 e. The molecule has 1 aliphatic rings. The summed E-state index contributed by atoms with van der Waals surface area (Å²) in [6.45, 7) is 13.2. The molecule has 15 aromatic carbocycles. The number of aromatic nitrogens is 16. The first-order valence-corrected chi connectivity index (χ1v) is 51.9. The van der Waals surface area contributed by atoms with Crippen molar-refractivity contribution in [2.45, 2.75) is 40.8 Å². The maximum Gasteiger partial charge on any atom is 0.164 e. The second-order valence-corrected chi connectivity index (χ2v) is 41.2. The van der Waals surface area contributed by atoms with Crippen LogP contribution < -0.4 is 0 Å². The molecule has 0 radical (unpaired) electrons. The van der Waals surface area contributed by atoms with E-state index >= 15 is 0 Å². The highest BCUT2D eigenvalue weighted by molar-refractivity contribution is 7.13. The van der Waals surface area contributed by atoms with Gasteiger partial charge in [0.15, 0.2) is 34.9 Å². The lowest BCUT2D eigenvalue weighted by Crippen LogP contribution is -2.29. The van der Waals surface area contributed by atoms with E-state index in [-0.39, 0.29) is 0 Å². The molecule has 16 nitrogen and oxygen atoms in total. The third-order valence-corrected chi connectivity index (χ3v) is 30.1. The normalized spacial score (nSPS) is 12.2. The highest BCUT2D eigenvalue weighted by Gasteiger charge is 2.45. The van der Waals surface area contributed by atoms with Gasteiger partial charge in [-0.05, 0) is 211 Å². The number of pyridine rings is 4. The topological polar surface area (TPSA) is 182 Å². The van der Waals surface area contributed by atoms with Crippen LogP contribution in [0.4, 0.5) is 0 Å². The molecule has 0 N–H and O–H groups in total. The molecule has 0 atom stereocenters. The molecule has 0 spiro atoms. The Morgan fingerprint density at radius 1 is 0.178 bits per heavy atom. The average molecular weight is 1900 g/mol. The maximum atomic E-state index is 5.28. The fraction of sp³-hybridized carbons (Fsp3) is 0.0465. The number of nitrogens with zero attached hydrogens (tertiary/aromatic N) is 16. The van der Waals surface area contributed by atoms with Crippen LogP contribution in [0.3, 0.4) is 0 Å². The first-order chi connectivity index (χ1) is 71.7. The minimum absolute atomic E-state index is 0.631. The predicted octanol–water partition coefficient (Wildman–Crippen LogP) is 30.6. The minimum atomic E-state index is -2.43. The Kier molecular flexibility index (Phi) is 24.9. The van der Waals surface area contributed by atoms with Gasteiger partial charge >= 0.3 is 0 Å². The highest BCUT2D eigenvalue weighted by Crippen LogP contribution is 2.56. The molecule has 25 rings (SSSR count). The fourth-order valence-electron chi connectivity index (χ4n) is 19.3. The predicted molar refractivity (Wildman–Crippen MR) is 596 cm³/mol. The molecule has 146 heavy (non-hydrogen) atoms. The summed E-state index contributed by atoms with van der Waals surface area (Å²) in [7, 11) is -2.43. The number of para-hydroxylation sites is 9. The van der Waals surface area contributed by atoms with Gasteiger partial charge in [-0.15, -0.1) is 0 Å². The zero-order chi connectivity index (χ0) is 98.6. The van der Waals surface area contributed by atoms with E-state index in [0.717, 1.165) is 163 Å². The van der Waals surface area contributed by atoms with E-state index in [1.165, 1.54) is 54.9 Å². The van der Waals surface area contributed by atoms with Crippen molar-refractivity contribution < 1.29 is 0 Å². The molecule has 0 fully saturated rings. The molecule has 0 bridgehead atoms. The molecule has 696 valence electrons. The van der Waals surface area contributed by atoms with Crippen LogP contribution in [-0.4, -0.2) is 86.6 Å². The van der Waals surface area contributed by atoms with E-state index < -0.39 is 8.07 Å². The summed E-state index contributed by atoms with van der Waals surface area (Å²) in [5, 5.41) is 2.60. The lowest BCUT2D eigenvalue weighted by molar-refractivity contribution is 1.07. The van der Waals surface area contributed by atoms with Gasteiger partial charge in [-0.2, -0.15) is 0 Å². The van der Waals surface area contributed by atoms with Crippen molar-refractivity contribution in [1.82, 2.24) is 78.5 Å². The van der Waals surface area contributed by atoms with Crippen molar-refractivity contribution in [3.63, 3.8) is 0 Å². The van der Waals surface area contributed by atoms with Crippen LogP contribution in [0.2, 0.25) is 13.1 Å². The summed E-state index contributed by atoms with van der Waals surface area (Å²) in [4.78, 5) is 65.0. The van der Waals surface area contributed by atoms with E-state index in [9.17, 15) is 0 Å². The fourth-order valence-corrected chi connectivity index (χ4v) is 22.9. The monoisotopic (exact) mass is 1900 g/mol. The molecule has 0 saturated carbocycles. The van der Waals surface area contributed by atoms with E-state index in [1.54, 1.807) is 0 Å². The Morgan fingerprint density at radius 3 is 0.685 bits per heavy atom. The van der Waals surface area contributed by atoms with Crippen molar-refractivity contribution in [2.24, 2.45) is 0 Å². The summed E-state index contributed by atoms with van der Waals surface area (Å²) >= 11 is 0. The lowest BCUT2D eigenvalue weighted by Gasteiger charge is -2.25. The molecular weight excluding hydrogens is 1800 g/mol. The van der Waals surface area contributed by atoms with Gasteiger partial charge in [0, 0.05) is 79.5 Å². The van der Waals surface area contributed by atoms with Crippen molar-refractivity contribution in [1.29, 1.82) is 0 Å². The molecule has 0 saturated heterocycles. The Morgan fingerprint density at radius 2 is 0.411 bits per heavy atom. The quantitative estimate of drug-likeness (QED) is 0.0698. The van der Waals surface area contributed by atoms with Gasteiger partial charge in [-0.3, -0.25) is 23.7 Å². The SMILES string of the molecule is C[Si]1(C)C(c2cccc(-c3ccccn3)n2)=C(c2ccccc2)C(c2ccccc2)=C1c1cccc(-c2ccccn2)n1.Cc1ccc(-c2nc(-c3ccc(C)cc3)nc(-c3ccc(-c4ccc(-c5nc(-c6ccc(C)cc6)nc(-c6ccc(C)cc6)n5)cc4)cc3)n2)cc1.c1ccc(-n2c(-c3cc(-c4nc5ccccc5n4-c4ccccc4)cc(-c4nc5ccccc5n4-c4ccccc4)c3)nc3ccccc32)cc1. The Balaban J connectivity index is 0.000000121. The highest BCUT2D eigenvalue weighted by atomic mass is 28.3. The number of aryl methyl sites for hydroxylation is 4. The summed E-state index contributed by atoms with van der Waals surface area (Å²) in [5.74, 6) is 6.38. The molecule has 0 unspecified atom stereocenters. The molecule has 1 aliphatic heterocycles. The van der Waals surface area contributed by atoms with Gasteiger partial charge in [-0.25, -0.2) is 54.8 Å². The second-order valence-electron chi connectivity index (χ2n) is 36.9. The van der Waals surface area contributed by atoms with Crippen LogP contribution in [0, 0.1) is 27.7 Å². The molecule has 0 aliphatic carbocycles. The lowest BCUT2D eigenvalue weighted by atomic mass is 9.90. The minimum Gasteiger partial charge on any atom is -0.292 e. The van der Waals surface area contributed by atoms with Crippen LogP contribution in [0.15, 0.2) is 473 Å². The van der Waals surface area contributed by atoms with Crippen LogP contribution in [0.1, 0.15) is 44.8 Å². The van der Waals surface area contributed by atoms with Crippen LogP contribution in [0.25, 0.3) is 208 Å². The first kappa shape index (κ1) is 90.8. The van der Waals surface area contributed by atoms with Crippen LogP contribution in [0.5, 0.6) is 0 Å². The second kappa shape index (κ2) is 40.0. The van der Waals surface area contributed by atoms with Gasteiger partial charge in [0.2, 0.25) is 0 Å². The van der Waals surface area contributed by atoms with Gasteiger partial charge in [-0.1, -0.05) is 357 Å². The van der Waals surface area contributed by atoms with Crippen molar-refractivity contribution in [3.8, 4) is 153 Å². The molecule has 17 heteroatoms. The number of fused-ring (bicyclic) bond motifs is 3. The third-order valence-electron chi connectivity index (χ3n) is 26.6. The first-order valence-electron chi connectivity index (χ1n) is 48.9. The van der Waals surface area contributed by atoms with Crippen LogP contribution >= 0.6 is 0 Å². The standard InChI is InChI=1S/C46H36N6.C45H30N6.C38H30N4Si/c1-29-5-13-35(14-6-29)41-47-42(36-15-7-30(2)8-16-36)50-45(49-41)39-25-21-33(22-26-39)34-23-27-40(28-24-34)46-51-43(37-17-9-31(3)10-18-37)48-44(52-46)38-19-11-32(4)12-20-38;1-4-16-34(17-5-1)49-40-25-13-10-22-37(40)46-43(49)31-28-32(44-47-38-23-11-14-26-41(38)50(44)35-18-6-2-7-19-35)30-33(29-31)45-48-39-24-12-15-27-42(39)51(45)36-20-8-3-9-21-36;1-43(2)37(33-23-13-21-31(41-33)29-19-9-11-25-39-29)35(27-15-5-3-6-16-27)36(28-17-7-4-8-18-28)38(43)34-24-14-22-32(42-34)30-20-10-12-26-40-30/h5-28H,1-4H3;1-30H;3-26H,1-2H3. The largest absolute Gasteiger partial charge is 0.292 e. The zero-order valence-electron chi connectivity index (χ0n) is 81.2. The molecule has 9 aromatic heterocycles. The third kappa shape index (κ3) is 18.5. The molecule has 0 amide bonds. The van der Waals surface area contributed by atoms with Crippen molar-refractivity contribution >= 4 is 62.7 Å². The Bertz CT molecular complexity index is 8180. The number of hydrogen-bond acceptors (Lipinski definition) is 13. The van der Waals surface area contributed by atoms with E-state index in [0.29, 0.717) is 34.9 Å². The number of hydrogen-bond donors (Lipinski definition) is 0. The maximum absolute atomic E-state index is 5.28. The Labute approximate surface area is 847 Å². The van der Waals surface area contributed by atoms with Crippen molar-refractivity contribution in [3.05, 3.63) is 518 Å². The number of imidazole rings is 3. The van der Waals surface area contributed by atoms with Gasteiger partial charge in [0.25, 0.3) is 0 Å².